The molecule has 6 nitrogen and oxygen atoms in total. The van der Waals surface area contributed by atoms with Gasteiger partial charge in [0.05, 0.1) is 7.11 Å². The highest BCUT2D eigenvalue weighted by atomic mass is 35.7. The predicted octanol–water partition coefficient (Wildman–Crippen LogP) is 2.39. The van der Waals surface area contributed by atoms with E-state index in [0.29, 0.717) is 18.0 Å². The molecule has 0 saturated carbocycles. The third kappa shape index (κ3) is 3.36. The molecule has 0 radical (unpaired) electrons. The number of nitrogens with zero attached hydrogens (tertiary/aromatic N) is 3. The van der Waals surface area contributed by atoms with E-state index in [2.05, 4.69) is 10.2 Å². The molecule has 0 unspecified atom stereocenters. The molecule has 2 rings (SSSR count). The lowest BCUT2D eigenvalue weighted by molar-refractivity contribution is 0.409. The Balaban J connectivity index is 2.48. The van der Waals surface area contributed by atoms with E-state index in [0.717, 1.165) is 5.56 Å². The fourth-order valence-corrected chi connectivity index (χ4v) is 3.14. The van der Waals surface area contributed by atoms with E-state index in [-0.39, 0.29) is 11.2 Å². The van der Waals surface area contributed by atoms with E-state index < -0.39 is 9.05 Å². The van der Waals surface area contributed by atoms with Crippen LogP contribution < -0.4 is 4.74 Å². The molecule has 114 valence electrons. The molecule has 0 bridgehead atoms. The minimum absolute atomic E-state index is 0.131. The van der Waals surface area contributed by atoms with Crippen molar-refractivity contribution in [1.82, 2.24) is 14.8 Å². The van der Waals surface area contributed by atoms with Gasteiger partial charge in [0.2, 0.25) is 0 Å². The molecule has 0 aliphatic carbocycles. The number of benzene rings is 1. The van der Waals surface area contributed by atoms with Crippen LogP contribution in [0.4, 0.5) is 0 Å². The van der Waals surface area contributed by atoms with Crippen LogP contribution in [0.25, 0.3) is 0 Å². The van der Waals surface area contributed by atoms with Crippen LogP contribution in [0.2, 0.25) is 0 Å². The van der Waals surface area contributed by atoms with Crippen molar-refractivity contribution in [1.29, 1.82) is 0 Å². The largest absolute Gasteiger partial charge is 0.496 e. The quantitative estimate of drug-likeness (QED) is 0.787. The second-order valence-corrected chi connectivity index (χ2v) is 7.25. The summed E-state index contributed by atoms with van der Waals surface area (Å²) in [6.45, 7) is 3.70. The van der Waals surface area contributed by atoms with Gasteiger partial charge < -0.3 is 4.74 Å². The first-order chi connectivity index (χ1) is 9.84. The topological polar surface area (TPSA) is 74.1 Å². The molecule has 0 spiro atoms. The van der Waals surface area contributed by atoms with Crippen LogP contribution in [-0.2, 0) is 15.5 Å². The molecular weight excluding hydrogens is 314 g/mol. The van der Waals surface area contributed by atoms with Crippen LogP contribution in [0.5, 0.6) is 5.75 Å². The minimum atomic E-state index is -3.94. The lowest BCUT2D eigenvalue weighted by Gasteiger charge is -2.13. The Hall–Kier alpha value is -1.60. The lowest BCUT2D eigenvalue weighted by atomic mass is 10.1. The van der Waals surface area contributed by atoms with E-state index in [1.165, 1.54) is 4.57 Å². The number of para-hydroxylation sites is 1. The summed E-state index contributed by atoms with van der Waals surface area (Å²) in [7, 11) is 3.06. The summed E-state index contributed by atoms with van der Waals surface area (Å²) in [6.07, 6.45) is 0.404. The van der Waals surface area contributed by atoms with Gasteiger partial charge in [-0.05, 0) is 19.9 Å². The molecule has 1 aromatic heterocycles. The third-order valence-corrected chi connectivity index (χ3v) is 4.14. The van der Waals surface area contributed by atoms with Gasteiger partial charge in [0.25, 0.3) is 14.2 Å². The highest BCUT2D eigenvalue weighted by molar-refractivity contribution is 8.13. The molecule has 0 atom stereocenters. The van der Waals surface area contributed by atoms with Gasteiger partial charge in [-0.1, -0.05) is 18.2 Å². The number of ether oxygens (including phenoxy) is 1. The molecule has 1 heterocycles. The van der Waals surface area contributed by atoms with Gasteiger partial charge in [0.15, 0.2) is 0 Å². The van der Waals surface area contributed by atoms with E-state index in [1.807, 2.05) is 38.1 Å². The van der Waals surface area contributed by atoms with Crippen LogP contribution >= 0.6 is 10.7 Å². The van der Waals surface area contributed by atoms with Crippen LogP contribution in [0.3, 0.4) is 0 Å². The number of aromatic nitrogens is 3. The zero-order valence-corrected chi connectivity index (χ0v) is 13.5. The number of hydrogen-bond donors (Lipinski definition) is 0. The van der Waals surface area contributed by atoms with Crippen molar-refractivity contribution in [2.75, 3.05) is 7.11 Å². The summed E-state index contributed by atoms with van der Waals surface area (Å²) in [5, 5.41) is 7.45. The van der Waals surface area contributed by atoms with E-state index >= 15 is 0 Å². The average Bonchev–Trinajstić information content (AvgIpc) is 2.83. The first kappa shape index (κ1) is 15.8. The van der Waals surface area contributed by atoms with Gasteiger partial charge in [0.1, 0.15) is 11.6 Å². The first-order valence-electron chi connectivity index (χ1n) is 6.35. The maximum atomic E-state index is 11.6. The third-order valence-electron chi connectivity index (χ3n) is 3.01. The zero-order chi connectivity index (χ0) is 15.6. The first-order valence-corrected chi connectivity index (χ1v) is 8.66. The number of methoxy groups -OCH3 is 1. The molecule has 0 N–H and O–H groups in total. The van der Waals surface area contributed by atoms with Crippen molar-refractivity contribution in [2.45, 2.75) is 31.5 Å². The predicted molar refractivity (Wildman–Crippen MR) is 79.2 cm³/mol. The highest BCUT2D eigenvalue weighted by Gasteiger charge is 2.24. The van der Waals surface area contributed by atoms with Crippen molar-refractivity contribution >= 4 is 19.7 Å². The molecule has 0 amide bonds. The van der Waals surface area contributed by atoms with Crippen LogP contribution in [0, 0.1) is 0 Å². The fraction of sp³-hybridized carbons (Fsp3) is 0.385. The van der Waals surface area contributed by atoms with Crippen molar-refractivity contribution in [3.8, 4) is 5.75 Å². The standard InChI is InChI=1S/C13H16ClN3O3S/c1-9(2)17-12(15-16-13(17)21(14,18)19)8-10-6-4-5-7-11(10)20-3/h4-7,9H,8H2,1-3H3. The van der Waals surface area contributed by atoms with Gasteiger partial charge in [-0.3, -0.25) is 4.57 Å². The summed E-state index contributed by atoms with van der Waals surface area (Å²) in [5.74, 6) is 1.24. The van der Waals surface area contributed by atoms with Gasteiger partial charge in [0, 0.05) is 28.7 Å². The zero-order valence-electron chi connectivity index (χ0n) is 11.9. The summed E-state index contributed by atoms with van der Waals surface area (Å²) >= 11 is 0. The number of rotatable bonds is 5. The van der Waals surface area contributed by atoms with Gasteiger partial charge in [-0.2, -0.15) is 0 Å². The molecule has 0 saturated heterocycles. The second-order valence-electron chi connectivity index (χ2n) is 4.79. The van der Waals surface area contributed by atoms with Gasteiger partial charge in [-0.15, -0.1) is 10.2 Å². The van der Waals surface area contributed by atoms with Crippen LogP contribution in [0.15, 0.2) is 29.4 Å². The Morgan fingerprint density at radius 3 is 2.52 bits per heavy atom. The molecule has 0 aliphatic heterocycles. The Labute approximate surface area is 128 Å². The molecule has 0 fully saturated rings. The van der Waals surface area contributed by atoms with Crippen molar-refractivity contribution < 1.29 is 13.2 Å². The normalized spacial score (nSPS) is 11.9. The molecule has 21 heavy (non-hydrogen) atoms. The molecular formula is C13H16ClN3O3S. The molecule has 0 aliphatic rings. The van der Waals surface area contributed by atoms with Crippen LogP contribution in [-0.4, -0.2) is 30.3 Å². The lowest BCUT2D eigenvalue weighted by Crippen LogP contribution is -2.12. The maximum Gasteiger partial charge on any atom is 0.296 e. The fourth-order valence-electron chi connectivity index (χ4n) is 2.13. The van der Waals surface area contributed by atoms with Crippen LogP contribution in [0.1, 0.15) is 31.3 Å². The van der Waals surface area contributed by atoms with E-state index in [9.17, 15) is 8.42 Å². The van der Waals surface area contributed by atoms with Crippen molar-refractivity contribution in [2.24, 2.45) is 0 Å². The molecule has 8 heteroatoms. The Morgan fingerprint density at radius 1 is 1.29 bits per heavy atom. The van der Waals surface area contributed by atoms with E-state index in [4.69, 9.17) is 15.4 Å². The number of hydrogen-bond acceptors (Lipinski definition) is 5. The second kappa shape index (κ2) is 6.03. The minimum Gasteiger partial charge on any atom is -0.496 e. The summed E-state index contributed by atoms with van der Waals surface area (Å²) in [4.78, 5) is 0. The Kier molecular flexibility index (Phi) is 4.53. The van der Waals surface area contributed by atoms with Crippen molar-refractivity contribution in [3.63, 3.8) is 0 Å². The molecule has 1 aromatic carbocycles. The highest BCUT2D eigenvalue weighted by Crippen LogP contribution is 2.24. The monoisotopic (exact) mass is 329 g/mol. The summed E-state index contributed by atoms with van der Waals surface area (Å²) in [6, 6.07) is 7.35. The smallest absolute Gasteiger partial charge is 0.296 e. The average molecular weight is 330 g/mol. The Bertz CT molecular complexity index is 741. The Morgan fingerprint density at radius 2 is 1.95 bits per heavy atom. The van der Waals surface area contributed by atoms with Crippen molar-refractivity contribution in [3.05, 3.63) is 35.7 Å². The maximum absolute atomic E-state index is 11.6. The SMILES string of the molecule is COc1ccccc1Cc1nnc(S(=O)(=O)Cl)n1C(C)C. The summed E-state index contributed by atoms with van der Waals surface area (Å²) in [5.41, 5.74) is 0.896. The number of halogens is 1. The molecule has 2 aromatic rings. The van der Waals surface area contributed by atoms with Gasteiger partial charge >= 0.3 is 0 Å². The van der Waals surface area contributed by atoms with E-state index in [1.54, 1.807) is 7.11 Å². The summed E-state index contributed by atoms with van der Waals surface area (Å²) < 4.78 is 29.9. The van der Waals surface area contributed by atoms with Gasteiger partial charge in [-0.25, -0.2) is 8.42 Å².